The van der Waals surface area contributed by atoms with Crippen molar-refractivity contribution in [2.75, 3.05) is 16.6 Å². The number of amides is 1. The van der Waals surface area contributed by atoms with Gasteiger partial charge in [-0.1, -0.05) is 11.6 Å². The van der Waals surface area contributed by atoms with Crippen LogP contribution in [0.15, 0.2) is 53.7 Å². The van der Waals surface area contributed by atoms with Crippen LogP contribution >= 0.6 is 34.2 Å². The highest BCUT2D eigenvalue weighted by atomic mass is 127. The predicted octanol–water partition coefficient (Wildman–Crippen LogP) is 5.23. The first-order valence-electron chi connectivity index (χ1n) is 10.2. The number of carbonyl (C=O) groups excluding carboxylic acids is 1. The number of rotatable bonds is 9. The van der Waals surface area contributed by atoms with E-state index in [9.17, 15) is 13.2 Å². The molecule has 184 valence electrons. The maximum Gasteiger partial charge on any atom is 0.277 e. The molecule has 1 aliphatic carbocycles. The van der Waals surface area contributed by atoms with Gasteiger partial charge in [0.1, 0.15) is 4.90 Å². The molecule has 0 saturated heterocycles. The zero-order valence-electron chi connectivity index (χ0n) is 17.8. The lowest BCUT2D eigenvalue weighted by Gasteiger charge is -2.17. The van der Waals surface area contributed by atoms with E-state index >= 15 is 8.78 Å². The van der Waals surface area contributed by atoms with E-state index in [-0.39, 0.29) is 23.0 Å². The highest BCUT2D eigenvalue weighted by Crippen LogP contribution is 2.34. The van der Waals surface area contributed by atoms with Crippen molar-refractivity contribution in [2.45, 2.75) is 17.7 Å². The average Bonchev–Trinajstić information content (AvgIpc) is 3.63. The Morgan fingerprint density at radius 2 is 1.97 bits per heavy atom. The first-order chi connectivity index (χ1) is 16.7. The van der Waals surface area contributed by atoms with Crippen LogP contribution in [0, 0.1) is 21.1 Å². The summed E-state index contributed by atoms with van der Waals surface area (Å²) in [5, 5.41) is 2.79. The summed E-state index contributed by atoms with van der Waals surface area (Å²) >= 11 is 8.23. The van der Waals surface area contributed by atoms with Gasteiger partial charge in [0.2, 0.25) is 0 Å². The second kappa shape index (κ2) is 10.6. The van der Waals surface area contributed by atoms with Crippen molar-refractivity contribution in [3.05, 3.63) is 74.6 Å². The predicted molar refractivity (Wildman–Crippen MR) is 135 cm³/mol. The Hall–Kier alpha value is -2.55. The monoisotopic (exact) mass is 634 g/mol. The first kappa shape index (κ1) is 25.5. The molecule has 1 saturated carbocycles. The molecule has 0 unspecified atom stereocenters. The van der Waals surface area contributed by atoms with Gasteiger partial charge in [-0.05, 0) is 77.7 Å². The number of hydroxylamine groups is 1. The van der Waals surface area contributed by atoms with E-state index in [1.807, 2.05) is 22.6 Å². The summed E-state index contributed by atoms with van der Waals surface area (Å²) in [6, 6.07) is 8.33. The van der Waals surface area contributed by atoms with E-state index in [1.54, 1.807) is 12.1 Å². The van der Waals surface area contributed by atoms with Crippen LogP contribution in [-0.2, 0) is 14.9 Å². The number of benzene rings is 2. The number of anilines is 3. The third kappa shape index (κ3) is 6.18. The molecule has 8 nitrogen and oxygen atoms in total. The minimum atomic E-state index is -4.63. The number of carbonyl (C=O) groups is 1. The first-order valence-corrected chi connectivity index (χ1v) is 13.2. The van der Waals surface area contributed by atoms with Crippen molar-refractivity contribution >= 4 is 67.2 Å². The minimum Gasteiger partial charge on any atom is -0.351 e. The summed E-state index contributed by atoms with van der Waals surface area (Å²) in [5.74, 6) is -3.92. The van der Waals surface area contributed by atoms with Gasteiger partial charge in [0.05, 0.1) is 40.5 Å². The van der Waals surface area contributed by atoms with Crippen LogP contribution < -0.4 is 15.5 Å². The molecule has 0 aliphatic heterocycles. The number of pyridine rings is 1. The van der Waals surface area contributed by atoms with E-state index in [2.05, 4.69) is 20.5 Å². The van der Waals surface area contributed by atoms with Gasteiger partial charge in [-0.25, -0.2) is 22.7 Å². The van der Waals surface area contributed by atoms with E-state index in [0.717, 1.165) is 22.5 Å². The largest absolute Gasteiger partial charge is 0.351 e. The van der Waals surface area contributed by atoms with Gasteiger partial charge in [-0.15, -0.1) is 0 Å². The number of halogens is 4. The SMILES string of the molecule is O=C(NOCC1CC1)c1cc(S(=O)(=O)Nc2cccnc2)c(F)c(F)c1Nc1ccc(I)cc1Cl. The van der Waals surface area contributed by atoms with Gasteiger partial charge < -0.3 is 5.32 Å². The normalized spacial score (nSPS) is 13.4. The van der Waals surface area contributed by atoms with Crippen LogP contribution in [0.25, 0.3) is 0 Å². The number of nitrogens with zero attached hydrogens (tertiary/aromatic N) is 1. The summed E-state index contributed by atoms with van der Waals surface area (Å²) < 4.78 is 59.0. The molecule has 1 aliphatic rings. The summed E-state index contributed by atoms with van der Waals surface area (Å²) in [6.45, 7) is 0.245. The summed E-state index contributed by atoms with van der Waals surface area (Å²) in [7, 11) is -4.63. The molecule has 0 radical (unpaired) electrons. The van der Waals surface area contributed by atoms with Crippen molar-refractivity contribution in [1.82, 2.24) is 10.5 Å². The molecular weight excluding hydrogens is 617 g/mol. The Labute approximate surface area is 218 Å². The van der Waals surface area contributed by atoms with E-state index < -0.39 is 43.7 Å². The van der Waals surface area contributed by atoms with Crippen LogP contribution in [0.5, 0.6) is 0 Å². The number of hydrogen-bond acceptors (Lipinski definition) is 6. The molecule has 3 N–H and O–H groups in total. The Balaban J connectivity index is 1.75. The fraction of sp³-hybridized carbons (Fsp3) is 0.182. The summed E-state index contributed by atoms with van der Waals surface area (Å²) in [5.41, 5.74) is 1.28. The number of sulfonamides is 1. The maximum atomic E-state index is 15.3. The quantitative estimate of drug-likeness (QED) is 0.220. The smallest absolute Gasteiger partial charge is 0.277 e. The van der Waals surface area contributed by atoms with Crippen molar-refractivity contribution in [1.29, 1.82) is 0 Å². The number of aromatic nitrogens is 1. The minimum absolute atomic E-state index is 0.0268. The lowest BCUT2D eigenvalue weighted by Crippen LogP contribution is -2.27. The van der Waals surface area contributed by atoms with Crippen LogP contribution in [0.1, 0.15) is 23.2 Å². The molecule has 0 bridgehead atoms. The second-order valence-electron chi connectivity index (χ2n) is 7.71. The molecular formula is C22H18ClF2IN4O4S. The molecule has 0 spiro atoms. The van der Waals surface area contributed by atoms with Gasteiger partial charge in [0.15, 0.2) is 11.6 Å². The van der Waals surface area contributed by atoms with Crippen molar-refractivity contribution < 1.29 is 26.8 Å². The highest BCUT2D eigenvalue weighted by molar-refractivity contribution is 14.1. The Kier molecular flexibility index (Phi) is 7.73. The zero-order chi connectivity index (χ0) is 25.2. The number of nitrogens with one attached hydrogen (secondary N) is 3. The van der Waals surface area contributed by atoms with Gasteiger partial charge in [0.25, 0.3) is 15.9 Å². The summed E-state index contributed by atoms with van der Waals surface area (Å²) in [4.78, 5) is 20.8. The Bertz CT molecular complexity index is 1380. The van der Waals surface area contributed by atoms with Gasteiger partial charge in [-0.3, -0.25) is 19.3 Å². The average molecular weight is 635 g/mol. The lowest BCUT2D eigenvalue weighted by molar-refractivity contribution is 0.0270. The fourth-order valence-electron chi connectivity index (χ4n) is 3.02. The van der Waals surface area contributed by atoms with E-state index in [0.29, 0.717) is 5.92 Å². The lowest BCUT2D eigenvalue weighted by atomic mass is 10.1. The molecule has 4 rings (SSSR count). The molecule has 1 amide bonds. The Morgan fingerprint density at radius 1 is 1.20 bits per heavy atom. The fourth-order valence-corrected chi connectivity index (χ4v) is 5.07. The second-order valence-corrected chi connectivity index (χ2v) is 11.0. The van der Waals surface area contributed by atoms with Crippen LogP contribution in [-0.4, -0.2) is 25.9 Å². The zero-order valence-corrected chi connectivity index (χ0v) is 21.5. The van der Waals surface area contributed by atoms with Crippen molar-refractivity contribution in [3.8, 4) is 0 Å². The maximum absolute atomic E-state index is 15.3. The van der Waals surface area contributed by atoms with Gasteiger partial charge >= 0.3 is 0 Å². The van der Waals surface area contributed by atoms with Crippen molar-refractivity contribution in [2.24, 2.45) is 5.92 Å². The summed E-state index contributed by atoms with van der Waals surface area (Å²) in [6.07, 6.45) is 4.53. The molecule has 0 atom stereocenters. The third-order valence-electron chi connectivity index (χ3n) is 4.99. The third-order valence-corrected chi connectivity index (χ3v) is 7.36. The highest BCUT2D eigenvalue weighted by Gasteiger charge is 2.30. The van der Waals surface area contributed by atoms with Gasteiger partial charge in [0, 0.05) is 9.77 Å². The molecule has 3 aromatic rings. The molecule has 1 fully saturated rings. The molecule has 2 aromatic carbocycles. The Morgan fingerprint density at radius 3 is 2.63 bits per heavy atom. The van der Waals surface area contributed by atoms with Crippen LogP contribution in [0.4, 0.5) is 25.8 Å². The van der Waals surface area contributed by atoms with E-state index in [4.69, 9.17) is 16.4 Å². The standard InChI is InChI=1S/C22H18ClF2IN4O4S/c23-16-8-13(26)5-6-17(16)28-21-15(22(31)29-34-11-12-3-4-12)9-18(19(24)20(21)25)35(32,33)30-14-2-1-7-27-10-14/h1-2,5-10,12,28,30H,3-4,11H2,(H,29,31). The van der Waals surface area contributed by atoms with Crippen molar-refractivity contribution in [3.63, 3.8) is 0 Å². The topological polar surface area (TPSA) is 109 Å². The van der Waals surface area contributed by atoms with Crippen LogP contribution in [0.2, 0.25) is 5.02 Å². The molecule has 1 aromatic heterocycles. The van der Waals surface area contributed by atoms with Crippen LogP contribution in [0.3, 0.4) is 0 Å². The molecule has 35 heavy (non-hydrogen) atoms. The molecule has 13 heteroatoms. The number of hydrogen-bond donors (Lipinski definition) is 3. The van der Waals surface area contributed by atoms with Gasteiger partial charge in [-0.2, -0.15) is 0 Å². The van der Waals surface area contributed by atoms with E-state index in [1.165, 1.54) is 30.6 Å². The molecule has 1 heterocycles.